The highest BCUT2D eigenvalue weighted by atomic mass is 14.9. The first-order chi connectivity index (χ1) is 15.1. The molecule has 31 heavy (non-hydrogen) atoms. The highest BCUT2D eigenvalue weighted by Crippen LogP contribution is 2.43. The predicted octanol–water partition coefficient (Wildman–Crippen LogP) is 5.12. The number of rotatable bonds is 9. The van der Waals surface area contributed by atoms with Gasteiger partial charge in [-0.25, -0.2) is 0 Å². The number of hydrogen-bond acceptors (Lipinski definition) is 6. The topological polar surface area (TPSA) is 72.2 Å². The Morgan fingerprint density at radius 2 is 0.710 bits per heavy atom. The molecule has 0 aliphatic carbocycles. The van der Waals surface area contributed by atoms with E-state index in [0.717, 1.165) is 34.1 Å². The molecule has 0 atom stereocenters. The summed E-state index contributed by atoms with van der Waals surface area (Å²) in [5.41, 5.74) is 10.1. The molecule has 3 aromatic carbocycles. The van der Waals surface area contributed by atoms with E-state index >= 15 is 0 Å². The van der Waals surface area contributed by atoms with Crippen molar-refractivity contribution in [2.45, 2.75) is 5.92 Å². The van der Waals surface area contributed by atoms with Crippen LogP contribution in [-0.4, -0.2) is 42.3 Å². The van der Waals surface area contributed by atoms with Crippen LogP contribution < -0.4 is 31.9 Å². The Kier molecular flexibility index (Phi) is 7.13. The Bertz CT molecular complexity index is 899. The van der Waals surface area contributed by atoms with E-state index in [2.05, 4.69) is 86.5 Å². The van der Waals surface area contributed by atoms with Crippen LogP contribution in [0.3, 0.4) is 0 Å². The van der Waals surface area contributed by atoms with Gasteiger partial charge in [-0.15, -0.1) is 0 Å². The molecular formula is C25H34N6. The summed E-state index contributed by atoms with van der Waals surface area (Å²) >= 11 is 0. The smallest absolute Gasteiger partial charge is 0.0401 e. The number of anilines is 6. The van der Waals surface area contributed by atoms with Crippen molar-refractivity contribution in [3.05, 3.63) is 71.3 Å². The molecule has 0 bridgehead atoms. The fourth-order valence-corrected chi connectivity index (χ4v) is 4.04. The van der Waals surface area contributed by atoms with Gasteiger partial charge in [0.1, 0.15) is 0 Å². The molecule has 164 valence electrons. The Balaban J connectivity index is 2.31. The van der Waals surface area contributed by atoms with Crippen LogP contribution in [-0.2, 0) is 0 Å². The molecule has 0 heterocycles. The van der Waals surface area contributed by atoms with Crippen molar-refractivity contribution in [3.8, 4) is 0 Å². The van der Waals surface area contributed by atoms with Crippen LogP contribution >= 0.6 is 0 Å². The zero-order valence-corrected chi connectivity index (χ0v) is 19.3. The van der Waals surface area contributed by atoms with E-state index in [4.69, 9.17) is 0 Å². The molecule has 0 spiro atoms. The minimum absolute atomic E-state index is 0.0232. The Morgan fingerprint density at radius 3 is 0.935 bits per heavy atom. The summed E-state index contributed by atoms with van der Waals surface area (Å²) in [4.78, 5) is 0. The zero-order chi connectivity index (χ0) is 22.4. The van der Waals surface area contributed by atoms with E-state index in [1.165, 1.54) is 16.7 Å². The van der Waals surface area contributed by atoms with Gasteiger partial charge < -0.3 is 31.9 Å². The maximum Gasteiger partial charge on any atom is 0.0401 e. The van der Waals surface area contributed by atoms with Crippen LogP contribution in [0.5, 0.6) is 0 Å². The molecular weight excluding hydrogens is 384 g/mol. The van der Waals surface area contributed by atoms with Gasteiger partial charge in [-0.1, -0.05) is 18.2 Å². The summed E-state index contributed by atoms with van der Waals surface area (Å²) in [7, 11) is 11.7. The van der Waals surface area contributed by atoms with Gasteiger partial charge in [0.2, 0.25) is 0 Å². The van der Waals surface area contributed by atoms with Crippen molar-refractivity contribution in [2.75, 3.05) is 74.2 Å². The first-order valence-corrected chi connectivity index (χ1v) is 10.6. The number of hydrogen-bond donors (Lipinski definition) is 6. The van der Waals surface area contributed by atoms with Gasteiger partial charge >= 0.3 is 0 Å². The Hall–Kier alpha value is -3.54. The average molecular weight is 419 g/mol. The van der Waals surface area contributed by atoms with Gasteiger partial charge in [0.05, 0.1) is 0 Å². The second-order valence-corrected chi connectivity index (χ2v) is 7.34. The van der Waals surface area contributed by atoms with Gasteiger partial charge in [0.15, 0.2) is 0 Å². The van der Waals surface area contributed by atoms with Crippen molar-refractivity contribution in [2.24, 2.45) is 0 Å². The summed E-state index contributed by atoms with van der Waals surface area (Å²) in [5, 5.41) is 19.9. The summed E-state index contributed by atoms with van der Waals surface area (Å²) in [5.74, 6) is 0.0232. The van der Waals surface area contributed by atoms with Gasteiger partial charge in [-0.2, -0.15) is 0 Å². The van der Waals surface area contributed by atoms with Crippen LogP contribution in [0.1, 0.15) is 22.6 Å². The lowest BCUT2D eigenvalue weighted by molar-refractivity contribution is 0.980. The third kappa shape index (κ3) is 4.48. The maximum absolute atomic E-state index is 3.40. The fraction of sp³-hybridized carbons (Fsp3) is 0.280. The average Bonchev–Trinajstić information content (AvgIpc) is 2.84. The van der Waals surface area contributed by atoms with E-state index in [9.17, 15) is 0 Å². The van der Waals surface area contributed by atoms with Crippen molar-refractivity contribution >= 4 is 34.1 Å². The van der Waals surface area contributed by atoms with Gasteiger partial charge in [-0.3, -0.25) is 0 Å². The molecule has 0 amide bonds. The largest absolute Gasteiger partial charge is 0.388 e. The van der Waals surface area contributed by atoms with E-state index in [0.29, 0.717) is 0 Å². The second-order valence-electron chi connectivity index (χ2n) is 7.34. The van der Waals surface area contributed by atoms with Crippen LogP contribution in [0.25, 0.3) is 0 Å². The molecule has 0 saturated heterocycles. The minimum Gasteiger partial charge on any atom is -0.388 e. The van der Waals surface area contributed by atoms with E-state index in [-0.39, 0.29) is 5.92 Å². The third-order valence-electron chi connectivity index (χ3n) is 5.77. The van der Waals surface area contributed by atoms with Crippen LogP contribution in [0.2, 0.25) is 0 Å². The predicted molar refractivity (Wildman–Crippen MR) is 138 cm³/mol. The highest BCUT2D eigenvalue weighted by Gasteiger charge is 2.25. The molecule has 6 heteroatoms. The number of nitrogens with one attached hydrogen (secondary N) is 6. The standard InChI is InChI=1S/C25H34N6/c1-26-16-7-10-19(22(13-16)29-4)25(20-11-8-17(27-2)14-23(20)30-5)21-12-9-18(28-3)15-24(21)31-6/h7-15,25-31H,1-6H3. The number of benzene rings is 3. The lowest BCUT2D eigenvalue weighted by Gasteiger charge is -2.27. The summed E-state index contributed by atoms with van der Waals surface area (Å²) < 4.78 is 0. The molecule has 3 aromatic rings. The van der Waals surface area contributed by atoms with Crippen LogP contribution in [0, 0.1) is 0 Å². The SMILES string of the molecule is CNc1ccc(C(c2ccc(NC)cc2NC)c2ccc(NC)cc2NC)c(NC)c1. The molecule has 0 saturated carbocycles. The molecule has 0 aromatic heterocycles. The third-order valence-corrected chi connectivity index (χ3v) is 5.77. The van der Waals surface area contributed by atoms with Crippen LogP contribution in [0.4, 0.5) is 34.1 Å². The van der Waals surface area contributed by atoms with E-state index in [1.807, 2.05) is 42.3 Å². The first-order valence-electron chi connectivity index (χ1n) is 10.6. The van der Waals surface area contributed by atoms with E-state index < -0.39 is 0 Å². The summed E-state index contributed by atoms with van der Waals surface area (Å²) in [6.45, 7) is 0. The molecule has 3 rings (SSSR count). The monoisotopic (exact) mass is 418 g/mol. The van der Waals surface area contributed by atoms with Crippen molar-refractivity contribution in [3.63, 3.8) is 0 Å². The molecule has 0 aliphatic heterocycles. The van der Waals surface area contributed by atoms with Gasteiger partial charge in [0.25, 0.3) is 0 Å². The quantitative estimate of drug-likeness (QED) is 0.271. The molecule has 6 N–H and O–H groups in total. The summed E-state index contributed by atoms with van der Waals surface area (Å²) in [6, 6.07) is 19.5. The summed E-state index contributed by atoms with van der Waals surface area (Å²) in [6.07, 6.45) is 0. The van der Waals surface area contributed by atoms with Crippen molar-refractivity contribution in [1.29, 1.82) is 0 Å². The second kappa shape index (κ2) is 9.98. The normalized spacial score (nSPS) is 10.5. The minimum atomic E-state index is 0.0232. The highest BCUT2D eigenvalue weighted by molar-refractivity contribution is 5.74. The molecule has 0 aliphatic rings. The van der Waals surface area contributed by atoms with Crippen molar-refractivity contribution in [1.82, 2.24) is 0 Å². The van der Waals surface area contributed by atoms with Crippen LogP contribution in [0.15, 0.2) is 54.6 Å². The van der Waals surface area contributed by atoms with Gasteiger partial charge in [-0.05, 0) is 53.1 Å². The lowest BCUT2D eigenvalue weighted by Crippen LogP contribution is -2.12. The van der Waals surface area contributed by atoms with Crippen molar-refractivity contribution < 1.29 is 0 Å². The maximum atomic E-state index is 3.40. The molecule has 6 nitrogen and oxygen atoms in total. The first kappa shape index (κ1) is 22.2. The Labute approximate surface area is 185 Å². The molecule has 0 radical (unpaired) electrons. The fourth-order valence-electron chi connectivity index (χ4n) is 4.04. The molecule has 0 fully saturated rings. The van der Waals surface area contributed by atoms with Gasteiger partial charge in [0, 0.05) is 82.3 Å². The zero-order valence-electron chi connectivity index (χ0n) is 19.3. The van der Waals surface area contributed by atoms with E-state index in [1.54, 1.807) is 0 Å². The lowest BCUT2D eigenvalue weighted by atomic mass is 9.82. The molecule has 0 unspecified atom stereocenters. The Morgan fingerprint density at radius 1 is 0.419 bits per heavy atom.